The molecule has 112 valence electrons. The SMILES string of the molecule is N#C[C@H]1C(=N)C(C#N)(C#N)[C@@H](c2ccccc2)[C@H]2CSCC=C12. The zero-order valence-electron chi connectivity index (χ0n) is 12.4. The molecule has 2 aliphatic rings. The molecule has 3 atom stereocenters. The first kappa shape index (κ1) is 15.3. The summed E-state index contributed by atoms with van der Waals surface area (Å²) < 4.78 is 0. The van der Waals surface area contributed by atoms with Gasteiger partial charge in [-0.05, 0) is 11.1 Å². The Hall–Kier alpha value is -2.55. The summed E-state index contributed by atoms with van der Waals surface area (Å²) in [6.45, 7) is 0. The zero-order valence-corrected chi connectivity index (χ0v) is 13.2. The van der Waals surface area contributed by atoms with Crippen LogP contribution in [0.1, 0.15) is 11.5 Å². The summed E-state index contributed by atoms with van der Waals surface area (Å²) in [5.74, 6) is 0.344. The fourth-order valence-electron chi connectivity index (χ4n) is 3.65. The zero-order chi connectivity index (χ0) is 16.4. The Morgan fingerprint density at radius 3 is 2.43 bits per heavy atom. The highest BCUT2D eigenvalue weighted by Gasteiger charge is 2.57. The smallest absolute Gasteiger partial charge is 0.189 e. The summed E-state index contributed by atoms with van der Waals surface area (Å²) in [6.07, 6.45) is 2.01. The highest BCUT2D eigenvalue weighted by Crippen LogP contribution is 2.54. The van der Waals surface area contributed by atoms with Gasteiger partial charge in [0.05, 0.1) is 23.9 Å². The van der Waals surface area contributed by atoms with Crippen molar-refractivity contribution >= 4 is 17.5 Å². The Labute approximate surface area is 139 Å². The van der Waals surface area contributed by atoms with Crippen LogP contribution in [0, 0.1) is 56.7 Å². The molecule has 0 bridgehead atoms. The van der Waals surface area contributed by atoms with E-state index in [9.17, 15) is 15.8 Å². The molecule has 1 saturated carbocycles. The van der Waals surface area contributed by atoms with E-state index in [1.54, 1.807) is 11.8 Å². The topological polar surface area (TPSA) is 95.2 Å². The third kappa shape index (κ3) is 2.15. The summed E-state index contributed by atoms with van der Waals surface area (Å²) >= 11 is 1.74. The van der Waals surface area contributed by atoms with E-state index in [0.29, 0.717) is 0 Å². The Balaban J connectivity index is 2.26. The summed E-state index contributed by atoms with van der Waals surface area (Å²) in [7, 11) is 0. The number of nitriles is 3. The number of thioether (sulfide) groups is 1. The van der Waals surface area contributed by atoms with Gasteiger partial charge in [0.25, 0.3) is 0 Å². The number of rotatable bonds is 1. The Kier molecular flexibility index (Phi) is 3.95. The Bertz CT molecular complexity index is 777. The Morgan fingerprint density at radius 2 is 1.83 bits per heavy atom. The van der Waals surface area contributed by atoms with Gasteiger partial charge in [-0.25, -0.2) is 0 Å². The predicted octanol–water partition coefficient (Wildman–Crippen LogP) is 3.27. The van der Waals surface area contributed by atoms with Gasteiger partial charge >= 0.3 is 0 Å². The van der Waals surface area contributed by atoms with Gasteiger partial charge in [0.1, 0.15) is 5.92 Å². The van der Waals surface area contributed by atoms with E-state index in [1.807, 2.05) is 36.4 Å². The molecule has 4 nitrogen and oxygen atoms in total. The summed E-state index contributed by atoms with van der Waals surface area (Å²) in [5.41, 5.74) is 0.136. The van der Waals surface area contributed by atoms with Gasteiger partial charge in [-0.1, -0.05) is 36.4 Å². The van der Waals surface area contributed by atoms with E-state index < -0.39 is 17.3 Å². The molecule has 1 aromatic carbocycles. The largest absolute Gasteiger partial charge is 0.305 e. The van der Waals surface area contributed by atoms with Crippen LogP contribution in [-0.4, -0.2) is 17.2 Å². The first-order valence-electron chi connectivity index (χ1n) is 7.33. The van der Waals surface area contributed by atoms with Crippen LogP contribution in [0.25, 0.3) is 0 Å². The maximum atomic E-state index is 9.80. The first-order valence-corrected chi connectivity index (χ1v) is 8.48. The standard InChI is InChI=1S/C18H14N4S/c19-8-14-13-6-7-23-9-15(13)16(12-4-2-1-3-5-12)18(10-20,11-21)17(14)22/h1-6,14-16,22H,7,9H2/t14-,15+,16+/m1/s1. The van der Waals surface area contributed by atoms with Crippen molar-refractivity contribution in [3.63, 3.8) is 0 Å². The second kappa shape index (κ2) is 5.92. The number of benzene rings is 1. The molecule has 0 aromatic heterocycles. The van der Waals surface area contributed by atoms with Crippen LogP contribution in [0.2, 0.25) is 0 Å². The number of fused-ring (bicyclic) bond motifs is 1. The van der Waals surface area contributed by atoms with E-state index in [0.717, 1.165) is 22.6 Å². The average molecular weight is 318 g/mol. The van der Waals surface area contributed by atoms with Crippen molar-refractivity contribution in [1.82, 2.24) is 0 Å². The monoisotopic (exact) mass is 318 g/mol. The first-order chi connectivity index (χ1) is 11.2. The summed E-state index contributed by atoms with van der Waals surface area (Å²) in [4.78, 5) is 0. The third-order valence-electron chi connectivity index (χ3n) is 4.72. The number of nitrogens with one attached hydrogen (secondary N) is 1. The van der Waals surface area contributed by atoms with Crippen LogP contribution in [-0.2, 0) is 0 Å². The molecule has 1 aliphatic carbocycles. The van der Waals surface area contributed by atoms with Crippen molar-refractivity contribution in [3.05, 3.63) is 47.5 Å². The van der Waals surface area contributed by atoms with Gasteiger partial charge in [0.15, 0.2) is 5.41 Å². The highest BCUT2D eigenvalue weighted by atomic mass is 32.2. The van der Waals surface area contributed by atoms with E-state index in [1.165, 1.54) is 0 Å². The fraction of sp³-hybridized carbons (Fsp3) is 0.333. The molecule has 0 saturated heterocycles. The molecule has 3 rings (SSSR count). The third-order valence-corrected chi connectivity index (χ3v) is 5.72. The van der Waals surface area contributed by atoms with Crippen molar-refractivity contribution in [2.75, 3.05) is 11.5 Å². The lowest BCUT2D eigenvalue weighted by molar-refractivity contribution is 0.378. The van der Waals surface area contributed by atoms with Crippen LogP contribution in [0.15, 0.2) is 42.0 Å². The van der Waals surface area contributed by atoms with Crippen molar-refractivity contribution in [2.45, 2.75) is 5.92 Å². The van der Waals surface area contributed by atoms with Crippen LogP contribution < -0.4 is 0 Å². The minimum absolute atomic E-state index is 0.0609. The lowest BCUT2D eigenvalue weighted by Gasteiger charge is -2.45. The molecule has 0 spiro atoms. The molecule has 1 aromatic rings. The molecule has 1 N–H and O–H groups in total. The maximum Gasteiger partial charge on any atom is 0.189 e. The molecule has 1 fully saturated rings. The number of nitrogens with zero attached hydrogens (tertiary/aromatic N) is 3. The van der Waals surface area contributed by atoms with Gasteiger partial charge in [-0.15, -0.1) is 0 Å². The minimum Gasteiger partial charge on any atom is -0.305 e. The second-order valence-corrected chi connectivity index (χ2v) is 6.82. The minimum atomic E-state index is -1.58. The van der Waals surface area contributed by atoms with Crippen molar-refractivity contribution < 1.29 is 0 Å². The van der Waals surface area contributed by atoms with Gasteiger partial charge in [0.2, 0.25) is 0 Å². The van der Waals surface area contributed by atoms with Gasteiger partial charge in [0, 0.05) is 23.3 Å². The molecular formula is C18H14N4S. The molecule has 0 amide bonds. The summed E-state index contributed by atoms with van der Waals surface area (Å²) in [5, 5.41) is 37.6. The van der Waals surface area contributed by atoms with Crippen LogP contribution >= 0.6 is 11.8 Å². The summed E-state index contributed by atoms with van der Waals surface area (Å²) in [6, 6.07) is 15.8. The number of hydrogen-bond donors (Lipinski definition) is 1. The van der Waals surface area contributed by atoms with Crippen LogP contribution in [0.5, 0.6) is 0 Å². The normalized spacial score (nSPS) is 28.5. The fourth-order valence-corrected chi connectivity index (χ4v) is 4.73. The highest BCUT2D eigenvalue weighted by molar-refractivity contribution is 7.99. The van der Waals surface area contributed by atoms with E-state index in [-0.39, 0.29) is 11.6 Å². The maximum absolute atomic E-state index is 9.80. The molecule has 23 heavy (non-hydrogen) atoms. The quantitative estimate of drug-likeness (QED) is 0.804. The molecule has 0 unspecified atom stereocenters. The van der Waals surface area contributed by atoms with Crippen LogP contribution in [0.3, 0.4) is 0 Å². The van der Waals surface area contributed by atoms with E-state index in [2.05, 4.69) is 18.2 Å². The molecule has 5 heteroatoms. The lowest BCUT2D eigenvalue weighted by Crippen LogP contribution is -2.49. The molecule has 1 heterocycles. The Morgan fingerprint density at radius 1 is 1.13 bits per heavy atom. The number of hydrogen-bond acceptors (Lipinski definition) is 5. The lowest BCUT2D eigenvalue weighted by atomic mass is 9.55. The van der Waals surface area contributed by atoms with Crippen molar-refractivity contribution in [2.24, 2.45) is 17.3 Å². The van der Waals surface area contributed by atoms with Crippen LogP contribution in [0.4, 0.5) is 0 Å². The molecule has 1 aliphatic heterocycles. The van der Waals surface area contributed by atoms with Gasteiger partial charge in [-0.2, -0.15) is 27.5 Å². The van der Waals surface area contributed by atoms with Crippen molar-refractivity contribution in [1.29, 1.82) is 21.2 Å². The van der Waals surface area contributed by atoms with E-state index in [4.69, 9.17) is 5.41 Å². The van der Waals surface area contributed by atoms with Gasteiger partial charge in [-0.3, -0.25) is 0 Å². The van der Waals surface area contributed by atoms with Gasteiger partial charge < -0.3 is 5.41 Å². The van der Waals surface area contributed by atoms with E-state index >= 15 is 0 Å². The average Bonchev–Trinajstić information content (AvgIpc) is 2.61. The molecule has 0 radical (unpaired) electrons. The number of allylic oxidation sites excluding steroid dienone is 1. The second-order valence-electron chi connectivity index (χ2n) is 5.74. The van der Waals surface area contributed by atoms with Crippen molar-refractivity contribution in [3.8, 4) is 18.2 Å². The molecular weight excluding hydrogens is 304 g/mol. The predicted molar refractivity (Wildman–Crippen MR) is 88.6 cm³/mol.